The van der Waals surface area contributed by atoms with Crippen LogP contribution in [0.25, 0.3) is 16.4 Å². The van der Waals surface area contributed by atoms with Crippen LogP contribution in [0.2, 0.25) is 0 Å². The molecule has 0 aliphatic carbocycles. The fourth-order valence-corrected chi connectivity index (χ4v) is 5.14. The quantitative estimate of drug-likeness (QED) is 0.518. The summed E-state index contributed by atoms with van der Waals surface area (Å²) in [5.74, 6) is 0. The van der Waals surface area contributed by atoms with Crippen LogP contribution in [0.1, 0.15) is 18.5 Å². The number of aryl methyl sites for hydroxylation is 2. The van der Waals surface area contributed by atoms with Gasteiger partial charge in [0.05, 0.1) is 29.5 Å². The predicted octanol–water partition coefficient (Wildman–Crippen LogP) is 2.90. The van der Waals surface area contributed by atoms with Gasteiger partial charge >= 0.3 is 0 Å². The van der Waals surface area contributed by atoms with Gasteiger partial charge in [0.2, 0.25) is 0 Å². The highest BCUT2D eigenvalue weighted by Crippen LogP contribution is 2.37. The van der Waals surface area contributed by atoms with Gasteiger partial charge in [0, 0.05) is 55.8 Å². The van der Waals surface area contributed by atoms with Crippen LogP contribution in [0, 0.1) is 5.41 Å². The number of hydrogen-bond donors (Lipinski definition) is 1. The van der Waals surface area contributed by atoms with Crippen molar-refractivity contribution in [3.63, 3.8) is 0 Å². The molecule has 2 aliphatic rings. The molecule has 1 spiro atoms. The van der Waals surface area contributed by atoms with Crippen LogP contribution in [0.5, 0.6) is 0 Å². The van der Waals surface area contributed by atoms with E-state index in [9.17, 15) is 4.79 Å². The average Bonchev–Trinajstić information content (AvgIpc) is 3.20. The smallest absolute Gasteiger partial charge is 0.276 e. The van der Waals surface area contributed by atoms with Gasteiger partial charge in [0.25, 0.3) is 5.56 Å². The first-order valence-corrected chi connectivity index (χ1v) is 11.1. The van der Waals surface area contributed by atoms with Gasteiger partial charge in [0.15, 0.2) is 0 Å². The first-order chi connectivity index (χ1) is 15.2. The number of imidazole rings is 1. The molecule has 8 heteroatoms. The van der Waals surface area contributed by atoms with Gasteiger partial charge < -0.3 is 14.6 Å². The van der Waals surface area contributed by atoms with Gasteiger partial charge in [-0.15, -0.1) is 12.4 Å². The van der Waals surface area contributed by atoms with Crippen LogP contribution in [0.15, 0.2) is 59.8 Å². The van der Waals surface area contributed by atoms with Crippen LogP contribution in [0.4, 0.5) is 5.69 Å². The van der Waals surface area contributed by atoms with E-state index >= 15 is 0 Å². The number of halogens is 1. The third kappa shape index (κ3) is 3.55. The van der Waals surface area contributed by atoms with Crippen LogP contribution < -0.4 is 15.8 Å². The van der Waals surface area contributed by atoms with Crippen molar-refractivity contribution >= 4 is 34.5 Å². The zero-order valence-electron chi connectivity index (χ0n) is 17.9. The standard InChI is InChI=1S/C24H26N6O.ClH/c31-23-22-18(5-3-6-20(22)29-11-4-9-24(17-29)15-25-16-24)13-26-30(23)12-8-19-14-28-10-2-1-7-21(28)27-19;/h1-3,5-7,10,13-14,25H,4,8-9,11-12,15-17H2;1H. The summed E-state index contributed by atoms with van der Waals surface area (Å²) in [7, 11) is 0. The zero-order valence-corrected chi connectivity index (χ0v) is 18.7. The van der Waals surface area contributed by atoms with Gasteiger partial charge in [-0.1, -0.05) is 18.2 Å². The number of rotatable bonds is 4. The van der Waals surface area contributed by atoms with E-state index in [2.05, 4.69) is 26.4 Å². The van der Waals surface area contributed by atoms with Crippen LogP contribution >= 0.6 is 12.4 Å². The monoisotopic (exact) mass is 450 g/mol. The zero-order chi connectivity index (χ0) is 20.8. The minimum atomic E-state index is -0.0109. The van der Waals surface area contributed by atoms with Crippen molar-refractivity contribution in [2.75, 3.05) is 31.1 Å². The highest BCUT2D eigenvalue weighted by atomic mass is 35.5. The number of aromatic nitrogens is 4. The molecule has 0 atom stereocenters. The molecule has 4 aromatic rings. The fraction of sp³-hybridized carbons (Fsp3) is 0.375. The second kappa shape index (κ2) is 8.22. The predicted molar refractivity (Wildman–Crippen MR) is 129 cm³/mol. The first-order valence-electron chi connectivity index (χ1n) is 11.1. The molecule has 0 saturated carbocycles. The number of anilines is 1. The number of piperidine rings is 1. The number of pyridine rings is 1. The van der Waals surface area contributed by atoms with Crippen molar-refractivity contribution in [1.82, 2.24) is 24.5 Å². The summed E-state index contributed by atoms with van der Waals surface area (Å²) in [4.78, 5) is 20.5. The summed E-state index contributed by atoms with van der Waals surface area (Å²) in [6, 6.07) is 12.1. The maximum Gasteiger partial charge on any atom is 0.276 e. The Balaban J connectivity index is 0.00000216. The lowest BCUT2D eigenvalue weighted by Crippen LogP contribution is -2.61. The summed E-state index contributed by atoms with van der Waals surface area (Å²) >= 11 is 0. The molecular formula is C24H27ClN6O. The second-order valence-electron chi connectivity index (χ2n) is 8.99. The summed E-state index contributed by atoms with van der Waals surface area (Å²) in [6.07, 6.45) is 8.95. The van der Waals surface area contributed by atoms with Crippen molar-refractivity contribution in [3.8, 4) is 0 Å². The van der Waals surface area contributed by atoms with E-state index in [1.54, 1.807) is 4.68 Å². The molecule has 6 rings (SSSR count). The molecule has 1 N–H and O–H groups in total. The maximum atomic E-state index is 13.5. The molecule has 0 unspecified atom stereocenters. The maximum absolute atomic E-state index is 13.5. The third-order valence-electron chi connectivity index (χ3n) is 6.85. The number of nitrogens with one attached hydrogen (secondary N) is 1. The fourth-order valence-electron chi connectivity index (χ4n) is 5.14. The Morgan fingerprint density at radius 2 is 2.03 bits per heavy atom. The molecular weight excluding hydrogens is 424 g/mol. The lowest BCUT2D eigenvalue weighted by Gasteiger charge is -2.50. The number of nitrogens with zero attached hydrogens (tertiary/aromatic N) is 5. The topological polar surface area (TPSA) is 67.5 Å². The Kier molecular flexibility index (Phi) is 5.39. The molecule has 2 saturated heterocycles. The molecule has 0 bridgehead atoms. The van der Waals surface area contributed by atoms with Crippen LogP contribution in [-0.2, 0) is 13.0 Å². The molecule has 0 amide bonds. The van der Waals surface area contributed by atoms with Gasteiger partial charge in [-0.2, -0.15) is 5.10 Å². The SMILES string of the molecule is Cl.O=c1c2c(N3CCCC4(CNC4)C3)cccc2cnn1CCc1cn2ccccc2n1. The summed E-state index contributed by atoms with van der Waals surface area (Å²) in [6.45, 7) is 4.70. The van der Waals surface area contributed by atoms with Crippen LogP contribution in [0.3, 0.4) is 0 Å². The Hall–Kier alpha value is -2.90. The molecule has 7 nitrogen and oxygen atoms in total. The van der Waals surface area contributed by atoms with E-state index < -0.39 is 0 Å². The molecule has 3 aromatic heterocycles. The number of hydrogen-bond acceptors (Lipinski definition) is 5. The minimum absolute atomic E-state index is 0. The molecule has 166 valence electrons. The van der Waals surface area contributed by atoms with E-state index in [0.717, 1.165) is 54.0 Å². The summed E-state index contributed by atoms with van der Waals surface area (Å²) in [5, 5.41) is 9.60. The van der Waals surface area contributed by atoms with Gasteiger partial charge in [-0.3, -0.25) is 4.79 Å². The molecule has 0 radical (unpaired) electrons. The lowest BCUT2D eigenvalue weighted by molar-refractivity contribution is 0.138. The molecule has 2 fully saturated rings. The van der Waals surface area contributed by atoms with E-state index in [4.69, 9.17) is 0 Å². The average molecular weight is 451 g/mol. The Bertz CT molecular complexity index is 1290. The first kappa shape index (κ1) is 21.0. The van der Waals surface area contributed by atoms with E-state index in [0.29, 0.717) is 18.4 Å². The van der Waals surface area contributed by atoms with Crippen molar-refractivity contribution in [3.05, 3.63) is 71.0 Å². The van der Waals surface area contributed by atoms with Crippen molar-refractivity contribution in [1.29, 1.82) is 0 Å². The van der Waals surface area contributed by atoms with Crippen molar-refractivity contribution in [2.45, 2.75) is 25.8 Å². The van der Waals surface area contributed by atoms with Gasteiger partial charge in [-0.05, 0) is 31.0 Å². The van der Waals surface area contributed by atoms with E-state index in [-0.39, 0.29) is 18.0 Å². The Morgan fingerprint density at radius 1 is 1.12 bits per heavy atom. The normalized spacial score (nSPS) is 17.4. The number of benzene rings is 1. The van der Waals surface area contributed by atoms with Crippen LogP contribution in [-0.4, -0.2) is 45.3 Å². The second-order valence-corrected chi connectivity index (χ2v) is 8.99. The van der Waals surface area contributed by atoms with Gasteiger partial charge in [-0.25, -0.2) is 9.67 Å². The highest BCUT2D eigenvalue weighted by Gasteiger charge is 2.40. The number of fused-ring (bicyclic) bond motifs is 2. The molecule has 5 heterocycles. The molecule has 2 aliphatic heterocycles. The third-order valence-corrected chi connectivity index (χ3v) is 6.85. The summed E-state index contributed by atoms with van der Waals surface area (Å²) < 4.78 is 3.60. The van der Waals surface area contributed by atoms with Gasteiger partial charge in [0.1, 0.15) is 5.65 Å². The lowest BCUT2D eigenvalue weighted by atomic mass is 9.75. The Labute approximate surface area is 192 Å². The van der Waals surface area contributed by atoms with E-state index in [1.807, 2.05) is 53.3 Å². The van der Waals surface area contributed by atoms with Crippen molar-refractivity contribution in [2.24, 2.45) is 5.41 Å². The highest BCUT2D eigenvalue weighted by molar-refractivity contribution is 5.93. The largest absolute Gasteiger partial charge is 0.370 e. The minimum Gasteiger partial charge on any atom is -0.370 e. The van der Waals surface area contributed by atoms with E-state index in [1.165, 1.54) is 12.8 Å². The summed E-state index contributed by atoms with van der Waals surface area (Å²) in [5.41, 5.74) is 3.29. The Morgan fingerprint density at radius 3 is 2.84 bits per heavy atom. The molecule has 1 aromatic carbocycles. The van der Waals surface area contributed by atoms with Crippen molar-refractivity contribution < 1.29 is 0 Å². The molecule has 32 heavy (non-hydrogen) atoms.